The molecular formula is C14H21N3O2. The van der Waals surface area contributed by atoms with Crippen LogP contribution in [-0.2, 0) is 0 Å². The topological polar surface area (TPSA) is 74.0 Å². The lowest BCUT2D eigenvalue weighted by atomic mass is 9.83. The monoisotopic (exact) mass is 263 g/mol. The van der Waals surface area contributed by atoms with E-state index in [4.69, 9.17) is 0 Å². The van der Waals surface area contributed by atoms with Gasteiger partial charge in [-0.25, -0.2) is 0 Å². The smallest absolute Gasteiger partial charge is 0.256 e. The number of H-pyrrole nitrogens is 1. The zero-order valence-corrected chi connectivity index (χ0v) is 11.5. The summed E-state index contributed by atoms with van der Waals surface area (Å²) in [6.07, 6.45) is 3.69. The molecule has 1 saturated heterocycles. The number of piperidine rings is 1. The van der Waals surface area contributed by atoms with Crippen LogP contribution in [0.5, 0.6) is 0 Å². The Bertz CT molecular complexity index is 516. The van der Waals surface area contributed by atoms with Crippen LogP contribution >= 0.6 is 0 Å². The van der Waals surface area contributed by atoms with Gasteiger partial charge in [-0.15, -0.1) is 0 Å². The van der Waals surface area contributed by atoms with Gasteiger partial charge in [0.05, 0.1) is 0 Å². The van der Waals surface area contributed by atoms with Crippen LogP contribution in [0.25, 0.3) is 0 Å². The van der Waals surface area contributed by atoms with Crippen LogP contribution in [0.15, 0.2) is 17.1 Å². The number of amides is 1. The summed E-state index contributed by atoms with van der Waals surface area (Å²) < 4.78 is 0. The first-order valence-corrected chi connectivity index (χ1v) is 6.68. The van der Waals surface area contributed by atoms with E-state index in [0.29, 0.717) is 6.54 Å². The quantitative estimate of drug-likeness (QED) is 0.755. The van der Waals surface area contributed by atoms with E-state index in [0.717, 1.165) is 31.6 Å². The van der Waals surface area contributed by atoms with Crippen molar-refractivity contribution < 1.29 is 4.79 Å². The summed E-state index contributed by atoms with van der Waals surface area (Å²) in [5.74, 6) is -0.298. The summed E-state index contributed by atoms with van der Waals surface area (Å²) in [6.45, 7) is 6.47. The maximum Gasteiger partial charge on any atom is 0.256 e. The largest absolute Gasteiger partial charge is 0.364 e. The van der Waals surface area contributed by atoms with Gasteiger partial charge in [0, 0.05) is 31.0 Å². The lowest BCUT2D eigenvalue weighted by molar-refractivity contribution is 0.0923. The minimum absolute atomic E-state index is 0.0748. The zero-order valence-electron chi connectivity index (χ0n) is 11.5. The van der Waals surface area contributed by atoms with E-state index in [1.165, 1.54) is 12.3 Å². The second kappa shape index (κ2) is 5.57. The second-order valence-electron chi connectivity index (χ2n) is 5.67. The van der Waals surface area contributed by atoms with Crippen LogP contribution in [0.4, 0.5) is 0 Å². The first kappa shape index (κ1) is 13.8. The summed E-state index contributed by atoms with van der Waals surface area (Å²) in [5, 5.41) is 6.21. The zero-order chi connectivity index (χ0) is 13.9. The second-order valence-corrected chi connectivity index (χ2v) is 5.67. The molecule has 19 heavy (non-hydrogen) atoms. The van der Waals surface area contributed by atoms with Crippen LogP contribution in [0.2, 0.25) is 0 Å². The molecule has 1 aromatic heterocycles. The van der Waals surface area contributed by atoms with E-state index in [-0.39, 0.29) is 22.3 Å². The SMILES string of the molecule is Cc1cc(=O)c(C(=O)NCC2(C)CCCNC2)c[nH]1. The number of carbonyl (C=O) groups excluding carboxylic acids is 1. The van der Waals surface area contributed by atoms with Gasteiger partial charge in [0.1, 0.15) is 5.56 Å². The van der Waals surface area contributed by atoms with Gasteiger partial charge in [-0.3, -0.25) is 9.59 Å². The molecular weight excluding hydrogens is 242 g/mol. The lowest BCUT2D eigenvalue weighted by Gasteiger charge is -2.34. The van der Waals surface area contributed by atoms with Crippen molar-refractivity contribution in [1.29, 1.82) is 0 Å². The molecule has 0 aromatic carbocycles. The van der Waals surface area contributed by atoms with Gasteiger partial charge in [0.25, 0.3) is 5.91 Å². The molecule has 0 bridgehead atoms. The Labute approximate surface area is 112 Å². The van der Waals surface area contributed by atoms with Crippen molar-refractivity contribution in [3.05, 3.63) is 33.7 Å². The van der Waals surface area contributed by atoms with Crippen molar-refractivity contribution in [2.45, 2.75) is 26.7 Å². The number of nitrogens with one attached hydrogen (secondary N) is 3. The molecule has 1 fully saturated rings. The van der Waals surface area contributed by atoms with Crippen molar-refractivity contribution in [3.63, 3.8) is 0 Å². The Morgan fingerprint density at radius 1 is 1.53 bits per heavy atom. The molecule has 2 heterocycles. The third-order valence-electron chi connectivity index (χ3n) is 3.66. The van der Waals surface area contributed by atoms with Crippen LogP contribution in [0.3, 0.4) is 0 Å². The predicted molar refractivity (Wildman–Crippen MR) is 74.3 cm³/mol. The fraction of sp³-hybridized carbons (Fsp3) is 0.571. The molecule has 1 aromatic rings. The first-order chi connectivity index (χ1) is 9.00. The minimum atomic E-state index is -0.298. The Kier molecular flexibility index (Phi) is 4.04. The predicted octanol–water partition coefficient (Wildman–Crippen LogP) is 0.803. The molecule has 1 unspecified atom stereocenters. The number of aromatic nitrogens is 1. The fourth-order valence-electron chi connectivity index (χ4n) is 2.41. The third-order valence-corrected chi connectivity index (χ3v) is 3.66. The molecule has 5 heteroatoms. The van der Waals surface area contributed by atoms with E-state index < -0.39 is 0 Å². The van der Waals surface area contributed by atoms with Gasteiger partial charge >= 0.3 is 0 Å². The van der Waals surface area contributed by atoms with Gasteiger partial charge in [0.15, 0.2) is 5.43 Å². The molecule has 1 atom stereocenters. The highest BCUT2D eigenvalue weighted by molar-refractivity contribution is 5.93. The van der Waals surface area contributed by atoms with E-state index in [9.17, 15) is 9.59 Å². The number of rotatable bonds is 3. The Hall–Kier alpha value is -1.62. The number of hydrogen-bond acceptors (Lipinski definition) is 3. The fourth-order valence-corrected chi connectivity index (χ4v) is 2.41. The molecule has 1 aliphatic heterocycles. The van der Waals surface area contributed by atoms with Gasteiger partial charge in [-0.1, -0.05) is 6.92 Å². The Morgan fingerprint density at radius 2 is 2.32 bits per heavy atom. The molecule has 0 aliphatic carbocycles. The number of aryl methyl sites for hydroxylation is 1. The van der Waals surface area contributed by atoms with Crippen LogP contribution < -0.4 is 16.1 Å². The van der Waals surface area contributed by atoms with Gasteiger partial charge in [-0.05, 0) is 31.7 Å². The van der Waals surface area contributed by atoms with E-state index in [2.05, 4.69) is 22.5 Å². The van der Waals surface area contributed by atoms with Crippen molar-refractivity contribution in [3.8, 4) is 0 Å². The summed E-state index contributed by atoms with van der Waals surface area (Å²) in [4.78, 5) is 26.6. The van der Waals surface area contributed by atoms with Gasteiger partial charge in [-0.2, -0.15) is 0 Å². The minimum Gasteiger partial charge on any atom is -0.364 e. The van der Waals surface area contributed by atoms with Crippen LogP contribution in [-0.4, -0.2) is 30.5 Å². The number of hydrogen-bond donors (Lipinski definition) is 3. The molecule has 0 radical (unpaired) electrons. The summed E-state index contributed by atoms with van der Waals surface area (Å²) in [6, 6.07) is 1.44. The maximum atomic E-state index is 12.0. The number of pyridine rings is 1. The highest BCUT2D eigenvalue weighted by Gasteiger charge is 2.27. The Morgan fingerprint density at radius 3 is 2.95 bits per heavy atom. The average molecular weight is 263 g/mol. The van der Waals surface area contributed by atoms with Gasteiger partial charge in [0.2, 0.25) is 0 Å². The molecule has 104 valence electrons. The lowest BCUT2D eigenvalue weighted by Crippen LogP contribution is -2.46. The third kappa shape index (κ3) is 3.44. The highest BCUT2D eigenvalue weighted by atomic mass is 16.2. The summed E-state index contributed by atoms with van der Waals surface area (Å²) in [5.41, 5.74) is 0.773. The number of carbonyl (C=O) groups is 1. The Balaban J connectivity index is 1.99. The summed E-state index contributed by atoms with van der Waals surface area (Å²) in [7, 11) is 0. The van der Waals surface area contributed by atoms with Crippen LogP contribution in [0, 0.1) is 12.3 Å². The van der Waals surface area contributed by atoms with Crippen molar-refractivity contribution in [1.82, 2.24) is 15.6 Å². The first-order valence-electron chi connectivity index (χ1n) is 6.68. The molecule has 5 nitrogen and oxygen atoms in total. The van der Waals surface area contributed by atoms with E-state index in [1.807, 2.05) is 0 Å². The molecule has 2 rings (SSSR count). The highest BCUT2D eigenvalue weighted by Crippen LogP contribution is 2.24. The molecule has 1 amide bonds. The van der Waals surface area contributed by atoms with E-state index >= 15 is 0 Å². The standard InChI is InChI=1S/C14H21N3O2/c1-10-6-12(18)11(7-16-10)13(19)17-9-14(2)4-3-5-15-8-14/h6-7,15H,3-5,8-9H2,1-2H3,(H,16,18)(H,17,19). The average Bonchev–Trinajstić information content (AvgIpc) is 2.37. The van der Waals surface area contributed by atoms with Gasteiger partial charge < -0.3 is 15.6 Å². The van der Waals surface area contributed by atoms with Crippen LogP contribution in [0.1, 0.15) is 35.8 Å². The number of aromatic amines is 1. The normalized spacial score (nSPS) is 23.1. The van der Waals surface area contributed by atoms with Crippen molar-refractivity contribution >= 4 is 5.91 Å². The van der Waals surface area contributed by atoms with Crippen molar-refractivity contribution in [2.24, 2.45) is 5.41 Å². The van der Waals surface area contributed by atoms with Crippen molar-refractivity contribution in [2.75, 3.05) is 19.6 Å². The summed E-state index contributed by atoms with van der Waals surface area (Å²) >= 11 is 0. The molecule has 3 N–H and O–H groups in total. The van der Waals surface area contributed by atoms with E-state index in [1.54, 1.807) is 6.92 Å². The maximum absolute atomic E-state index is 12.0. The molecule has 1 aliphatic rings. The molecule has 0 spiro atoms. The molecule has 0 saturated carbocycles.